The van der Waals surface area contributed by atoms with Gasteiger partial charge in [0, 0.05) is 8.80 Å². The average Bonchev–Trinajstić information content (AvgIpc) is 3.11. The zero-order valence-electron chi connectivity index (χ0n) is 22.0. The molecule has 0 fully saturated rings. The van der Waals surface area contributed by atoms with E-state index in [1.807, 2.05) is 0 Å². The third-order valence-electron chi connectivity index (χ3n) is 6.51. The maximum absolute atomic E-state index is 3.62. The van der Waals surface area contributed by atoms with Crippen LogP contribution in [-0.4, -0.2) is 13.8 Å². The van der Waals surface area contributed by atoms with E-state index in [0.717, 1.165) is 0 Å². The third-order valence-corrected chi connectivity index (χ3v) is 9.01. The second kappa shape index (κ2) is 12.1. The van der Waals surface area contributed by atoms with E-state index in [-0.39, 0.29) is 70.6 Å². The third kappa shape index (κ3) is 6.97. The summed E-state index contributed by atoms with van der Waals surface area (Å²) in [5.74, 6) is 0. The number of hydrogen-bond donors (Lipinski definition) is 1. The van der Waals surface area contributed by atoms with Crippen LogP contribution < -0.4 is 24.8 Å². The molecule has 0 saturated heterocycles. The van der Waals surface area contributed by atoms with Crippen LogP contribution in [0.3, 0.4) is 0 Å². The van der Waals surface area contributed by atoms with Gasteiger partial charge in [-0.05, 0) is 10.8 Å². The second-order valence-electron chi connectivity index (χ2n) is 11.0. The van der Waals surface area contributed by atoms with E-state index in [1.54, 1.807) is 5.57 Å². The van der Waals surface area contributed by atoms with Crippen molar-refractivity contribution in [2.45, 2.75) is 98.2 Å². The normalized spacial score (nSPS) is 18.3. The van der Waals surface area contributed by atoms with Gasteiger partial charge in [0.15, 0.2) is 0 Å². The van der Waals surface area contributed by atoms with Crippen LogP contribution in [0, 0.1) is 12.3 Å². The summed E-state index contributed by atoms with van der Waals surface area (Å²) in [6.45, 7) is 27.2. The number of halogens is 2. The van der Waals surface area contributed by atoms with Gasteiger partial charge in [-0.15, -0.1) is 35.7 Å². The summed E-state index contributed by atoms with van der Waals surface area (Å²) in [7, 11) is -0.314. The summed E-state index contributed by atoms with van der Waals surface area (Å²) >= 11 is 0. The number of H-pyrrole nitrogens is 1. The van der Waals surface area contributed by atoms with Crippen LogP contribution in [0.15, 0.2) is 34.9 Å². The Bertz CT molecular complexity index is 958. The molecule has 2 aromatic rings. The van der Waals surface area contributed by atoms with Crippen LogP contribution in [0.25, 0.3) is 10.9 Å². The van der Waals surface area contributed by atoms with E-state index in [9.17, 15) is 0 Å². The molecule has 32 heavy (non-hydrogen) atoms. The Balaban J connectivity index is 0. The van der Waals surface area contributed by atoms with E-state index in [0.29, 0.717) is 5.04 Å². The first-order valence-corrected chi connectivity index (χ1v) is 13.2. The maximum Gasteiger partial charge on any atom is 4.00 e. The predicted molar refractivity (Wildman–Crippen MR) is 131 cm³/mol. The van der Waals surface area contributed by atoms with Crippen molar-refractivity contribution in [3.05, 3.63) is 58.3 Å². The molecule has 0 spiro atoms. The summed E-state index contributed by atoms with van der Waals surface area (Å²) in [5.41, 5.74) is 8.54. The second-order valence-corrected chi connectivity index (χ2v) is 14.0. The molecule has 0 amide bonds. The first-order valence-electron chi connectivity index (χ1n) is 10.7. The molecule has 0 bridgehead atoms. The van der Waals surface area contributed by atoms with Crippen LogP contribution in [0.4, 0.5) is 0 Å². The number of fused-ring (bicyclic) bond motifs is 1. The van der Waals surface area contributed by atoms with Crippen molar-refractivity contribution in [1.29, 1.82) is 0 Å². The largest absolute Gasteiger partial charge is 4.00 e. The first-order chi connectivity index (χ1) is 13.1. The van der Waals surface area contributed by atoms with Crippen LogP contribution in [0.2, 0.25) is 18.1 Å². The monoisotopic (exact) mass is 566 g/mol. The molecule has 1 radical (unpaired) electrons. The molecule has 5 heteroatoms. The SMILES string of the molecule is CC(C)(C)c1[c-][nH]c2cccc(C(C)(C)C)c12.CC1=[C-]C(C)([Si](C)C)C(C)=C1C.[Cl-].[Cl-].[Zr+4]. The van der Waals surface area contributed by atoms with Crippen molar-refractivity contribution in [3.63, 3.8) is 0 Å². The Hall–Kier alpha value is -0.0800. The van der Waals surface area contributed by atoms with Crippen molar-refractivity contribution in [3.8, 4) is 0 Å². The first kappa shape index (κ1) is 34.1. The number of nitrogens with one attached hydrogen (secondary N) is 1. The Kier molecular flexibility index (Phi) is 12.8. The fraction of sp³-hybridized carbons (Fsp3) is 0.556. The van der Waals surface area contributed by atoms with Gasteiger partial charge in [0.2, 0.25) is 0 Å². The van der Waals surface area contributed by atoms with Gasteiger partial charge in [-0.3, -0.25) is 6.08 Å². The minimum Gasteiger partial charge on any atom is -1.00 e. The fourth-order valence-corrected chi connectivity index (χ4v) is 5.40. The number of rotatable bonds is 1. The summed E-state index contributed by atoms with van der Waals surface area (Å²) < 4.78 is 0. The minimum absolute atomic E-state index is 0. The zero-order chi connectivity index (χ0) is 22.4. The van der Waals surface area contributed by atoms with Crippen molar-refractivity contribution in [2.24, 2.45) is 0 Å². The standard InChI is InChI=1S/C16H22N.C11H18Si.2ClH.Zr/c1-15(2,3)11-8-7-9-13-14(11)12(10-17-13)16(4,5)6;1-8-7-11(4,12(5)6)10(3)9(8)2;;;/h7-9,17H,1-6H3;1-6H3;2*1H;/q2*-1;;;+4/p-2. The van der Waals surface area contributed by atoms with E-state index in [1.165, 1.54) is 33.2 Å². The van der Waals surface area contributed by atoms with E-state index < -0.39 is 0 Å². The molecule has 0 aliphatic heterocycles. The smallest absolute Gasteiger partial charge is 1.00 e. The predicted octanol–water partition coefficient (Wildman–Crippen LogP) is 2.17. The summed E-state index contributed by atoms with van der Waals surface area (Å²) in [5, 5.41) is 1.64. The van der Waals surface area contributed by atoms with Crippen molar-refractivity contribution >= 4 is 19.7 Å². The molecule has 1 aromatic carbocycles. The van der Waals surface area contributed by atoms with Gasteiger partial charge >= 0.3 is 26.2 Å². The van der Waals surface area contributed by atoms with Gasteiger partial charge in [0.05, 0.1) is 0 Å². The van der Waals surface area contributed by atoms with Crippen LogP contribution in [-0.2, 0) is 37.0 Å². The van der Waals surface area contributed by atoms with Crippen LogP contribution >= 0.6 is 0 Å². The van der Waals surface area contributed by atoms with Crippen LogP contribution in [0.1, 0.15) is 80.4 Å². The van der Waals surface area contributed by atoms with Gasteiger partial charge in [-0.25, -0.2) is 5.57 Å². The number of aromatic nitrogens is 1. The molecule has 1 aliphatic rings. The van der Waals surface area contributed by atoms with Crippen molar-refractivity contribution < 1.29 is 51.0 Å². The molecule has 175 valence electrons. The topological polar surface area (TPSA) is 15.8 Å². The van der Waals surface area contributed by atoms with Gasteiger partial charge in [0.1, 0.15) is 0 Å². The number of hydrogen-bond acceptors (Lipinski definition) is 0. The van der Waals surface area contributed by atoms with Crippen LogP contribution in [0.5, 0.6) is 0 Å². The minimum atomic E-state index is -0.314. The summed E-state index contributed by atoms with van der Waals surface area (Å²) in [6, 6.07) is 6.50. The molecule has 1 N–H and O–H groups in total. The zero-order valence-corrected chi connectivity index (χ0v) is 27.0. The van der Waals surface area contributed by atoms with E-state index in [4.69, 9.17) is 0 Å². The molecule has 0 saturated carbocycles. The fourth-order valence-electron chi connectivity index (χ4n) is 4.02. The average molecular weight is 569 g/mol. The number of aromatic amines is 1. The molecule has 1 atom stereocenters. The van der Waals surface area contributed by atoms with Gasteiger partial charge in [-0.2, -0.15) is 11.1 Å². The molecular weight excluding hydrogens is 529 g/mol. The Morgan fingerprint density at radius 3 is 1.78 bits per heavy atom. The molecule has 1 unspecified atom stereocenters. The number of allylic oxidation sites excluding steroid dienone is 4. The molecule has 1 nitrogen and oxygen atoms in total. The number of benzene rings is 1. The Morgan fingerprint density at radius 2 is 1.44 bits per heavy atom. The molecule has 1 aromatic heterocycles. The molecular formula is C27H40Cl2NSiZr. The van der Waals surface area contributed by atoms with Gasteiger partial charge in [0.25, 0.3) is 0 Å². The Labute approximate surface area is 230 Å². The summed E-state index contributed by atoms with van der Waals surface area (Å²) in [4.78, 5) is 3.28. The van der Waals surface area contributed by atoms with Crippen molar-refractivity contribution in [2.75, 3.05) is 0 Å². The van der Waals surface area contributed by atoms with Gasteiger partial charge < -0.3 is 29.8 Å². The molecule has 3 rings (SSSR count). The Morgan fingerprint density at radius 1 is 0.906 bits per heavy atom. The molecule has 1 aliphatic carbocycles. The molecule has 1 heterocycles. The maximum atomic E-state index is 3.62. The summed E-state index contributed by atoms with van der Waals surface area (Å²) in [6.07, 6.45) is 6.96. The van der Waals surface area contributed by atoms with Gasteiger partial charge in [-0.1, -0.05) is 98.1 Å². The van der Waals surface area contributed by atoms with E-state index >= 15 is 0 Å². The van der Waals surface area contributed by atoms with E-state index in [2.05, 4.69) is 118 Å². The quantitative estimate of drug-likeness (QED) is 0.401. The van der Waals surface area contributed by atoms with Crippen molar-refractivity contribution in [1.82, 2.24) is 4.98 Å².